The smallest absolute Gasteiger partial charge is 0.320 e. The number of hydrogen-bond donors (Lipinski definition) is 3. The molecule has 0 spiro atoms. The number of nitrogens with zero attached hydrogens (tertiary/aromatic N) is 3. The summed E-state index contributed by atoms with van der Waals surface area (Å²) in [6, 6.07) is 7.74. The molecule has 0 radical (unpaired) electrons. The zero-order valence-electron chi connectivity index (χ0n) is 18.2. The van der Waals surface area contributed by atoms with Gasteiger partial charge in [0.2, 0.25) is 6.41 Å². The van der Waals surface area contributed by atoms with E-state index in [1.807, 2.05) is 36.2 Å². The highest BCUT2D eigenvalue weighted by Crippen LogP contribution is 2.29. The minimum absolute atomic E-state index is 0.138. The van der Waals surface area contributed by atoms with Crippen LogP contribution < -0.4 is 26.0 Å². The minimum atomic E-state index is -0.287. The van der Waals surface area contributed by atoms with Crippen LogP contribution in [0.4, 0.5) is 23.0 Å². The number of nitrogens with one attached hydrogen (secondary N) is 2. The number of likely N-dealkylation sites (N-methyl/N-ethyl adjacent to an activating group) is 1. The lowest BCUT2D eigenvalue weighted by Gasteiger charge is -2.22. The fraction of sp³-hybridized carbons (Fsp3) is 0.429. The summed E-state index contributed by atoms with van der Waals surface area (Å²) in [4.78, 5) is 32.9. The predicted octanol–water partition coefficient (Wildman–Crippen LogP) is 2.07. The van der Waals surface area contributed by atoms with E-state index in [0.717, 1.165) is 24.1 Å². The van der Waals surface area contributed by atoms with Crippen LogP contribution in [0.2, 0.25) is 0 Å². The molecule has 4 N–H and O–H groups in total. The Morgan fingerprint density at radius 3 is 2.84 bits per heavy atom. The van der Waals surface area contributed by atoms with Crippen molar-refractivity contribution in [3.05, 3.63) is 29.8 Å². The molecule has 2 rings (SSSR count). The number of hydrogen-bond acceptors (Lipinski definition) is 9. The molecular weight excluding hydrogens is 400 g/mol. The van der Waals surface area contributed by atoms with E-state index in [9.17, 15) is 9.59 Å². The Kier molecular flexibility index (Phi) is 9.34. The van der Waals surface area contributed by atoms with E-state index < -0.39 is 0 Å². The molecule has 10 nitrogen and oxygen atoms in total. The number of amides is 1. The maximum Gasteiger partial charge on any atom is 0.320 e. The van der Waals surface area contributed by atoms with Crippen LogP contribution >= 0.6 is 0 Å². The third kappa shape index (κ3) is 7.32. The van der Waals surface area contributed by atoms with E-state index in [1.165, 1.54) is 7.11 Å². The molecule has 0 bridgehead atoms. The minimum Gasteiger partial charge on any atom is -0.469 e. The van der Waals surface area contributed by atoms with E-state index in [4.69, 9.17) is 15.2 Å². The molecule has 0 aliphatic heterocycles. The molecule has 0 atom stereocenters. The normalized spacial score (nSPS) is 10.3. The number of unbranched alkanes of at least 4 members (excludes halogenated alkanes) is 1. The number of rotatable bonds is 13. The number of anilines is 4. The highest BCUT2D eigenvalue weighted by Gasteiger charge is 2.16. The highest BCUT2D eigenvalue weighted by molar-refractivity contribution is 5.86. The molecule has 31 heavy (non-hydrogen) atoms. The van der Waals surface area contributed by atoms with Crippen LogP contribution in [0.15, 0.2) is 24.3 Å². The lowest BCUT2D eigenvalue weighted by atomic mass is 10.1. The number of benzene rings is 1. The Balaban J connectivity index is 2.05. The first-order valence-electron chi connectivity index (χ1n) is 10.1. The van der Waals surface area contributed by atoms with E-state index in [1.54, 1.807) is 0 Å². The van der Waals surface area contributed by atoms with Gasteiger partial charge in [0.25, 0.3) is 0 Å². The number of esters is 1. The number of carbonyl (C=O) groups is 2. The third-order valence-electron chi connectivity index (χ3n) is 4.47. The van der Waals surface area contributed by atoms with Crippen molar-refractivity contribution < 1.29 is 19.1 Å². The van der Waals surface area contributed by atoms with Gasteiger partial charge in [0.1, 0.15) is 5.69 Å². The number of aromatic nitrogens is 2. The number of nitrogen functional groups attached to an aromatic ring is 1. The second-order valence-corrected chi connectivity index (χ2v) is 6.86. The molecule has 0 aliphatic rings. The summed E-state index contributed by atoms with van der Waals surface area (Å²) in [6.07, 6.45) is 2.62. The lowest BCUT2D eigenvalue weighted by Crippen LogP contribution is -2.27. The summed E-state index contributed by atoms with van der Waals surface area (Å²) in [5.74, 6) is 0.316. The van der Waals surface area contributed by atoms with Crippen LogP contribution in [-0.2, 0) is 20.7 Å². The molecule has 0 saturated carbocycles. The molecule has 2 aromatic rings. The van der Waals surface area contributed by atoms with Crippen molar-refractivity contribution in [1.82, 2.24) is 9.97 Å². The number of carbonyl (C=O) groups excluding carboxylic acids is 2. The molecule has 1 heterocycles. The van der Waals surface area contributed by atoms with Crippen molar-refractivity contribution in [2.75, 3.05) is 55.1 Å². The standard InChI is InChI=1S/C21H30N6O4/c1-4-5-11-31-21-25-19(22)18(24-14-28)20(26-21)27(2)10-9-23-16-8-6-7-15(12-16)13-17(29)30-3/h6-8,12,14,23H,4-5,9-11,13H2,1-3H3,(H,24,28)(H2,22,25,26). The van der Waals surface area contributed by atoms with Gasteiger partial charge >= 0.3 is 12.0 Å². The fourth-order valence-corrected chi connectivity index (χ4v) is 2.79. The third-order valence-corrected chi connectivity index (χ3v) is 4.47. The largest absolute Gasteiger partial charge is 0.469 e. The number of ether oxygens (including phenoxy) is 2. The zero-order chi connectivity index (χ0) is 22.6. The number of nitrogens with two attached hydrogens (primary N) is 1. The molecule has 10 heteroatoms. The second kappa shape index (κ2) is 12.2. The first-order valence-corrected chi connectivity index (χ1v) is 10.1. The molecular formula is C21H30N6O4. The monoisotopic (exact) mass is 430 g/mol. The number of methoxy groups -OCH3 is 1. The average Bonchev–Trinajstić information content (AvgIpc) is 2.75. The summed E-state index contributed by atoms with van der Waals surface area (Å²) >= 11 is 0. The van der Waals surface area contributed by atoms with E-state index in [0.29, 0.717) is 37.6 Å². The van der Waals surface area contributed by atoms with Gasteiger partial charge in [-0.15, -0.1) is 0 Å². The first-order chi connectivity index (χ1) is 15.0. The first kappa shape index (κ1) is 23.7. The summed E-state index contributed by atoms with van der Waals surface area (Å²) in [5.41, 5.74) is 8.08. The summed E-state index contributed by atoms with van der Waals surface area (Å²) in [6.45, 7) is 3.68. The van der Waals surface area contributed by atoms with Gasteiger partial charge in [-0.25, -0.2) is 0 Å². The van der Waals surface area contributed by atoms with Gasteiger partial charge in [0, 0.05) is 25.8 Å². The van der Waals surface area contributed by atoms with Crippen molar-refractivity contribution in [2.45, 2.75) is 26.2 Å². The van der Waals surface area contributed by atoms with Gasteiger partial charge in [0.05, 0.1) is 20.1 Å². The Morgan fingerprint density at radius 2 is 2.13 bits per heavy atom. The SMILES string of the molecule is CCCCOc1nc(N)c(NC=O)c(N(C)CCNc2cccc(CC(=O)OC)c2)n1. The Labute approximate surface area is 182 Å². The van der Waals surface area contributed by atoms with Gasteiger partial charge in [-0.3, -0.25) is 9.59 Å². The molecule has 168 valence electrons. The van der Waals surface area contributed by atoms with Crippen molar-refractivity contribution in [3.63, 3.8) is 0 Å². The predicted molar refractivity (Wildman–Crippen MR) is 120 cm³/mol. The van der Waals surface area contributed by atoms with E-state index in [-0.39, 0.29) is 24.2 Å². The van der Waals surface area contributed by atoms with Crippen LogP contribution in [-0.4, -0.2) is 56.2 Å². The van der Waals surface area contributed by atoms with Gasteiger partial charge in [-0.05, 0) is 24.1 Å². The van der Waals surface area contributed by atoms with E-state index >= 15 is 0 Å². The highest BCUT2D eigenvalue weighted by atomic mass is 16.5. The fourth-order valence-electron chi connectivity index (χ4n) is 2.79. The molecule has 1 aromatic heterocycles. The molecule has 0 aliphatic carbocycles. The summed E-state index contributed by atoms with van der Waals surface area (Å²) < 4.78 is 10.3. The van der Waals surface area contributed by atoms with Crippen molar-refractivity contribution in [1.29, 1.82) is 0 Å². The van der Waals surface area contributed by atoms with Crippen molar-refractivity contribution in [3.8, 4) is 6.01 Å². The van der Waals surface area contributed by atoms with Gasteiger partial charge in [-0.2, -0.15) is 9.97 Å². The van der Waals surface area contributed by atoms with Crippen molar-refractivity contribution >= 4 is 35.4 Å². The summed E-state index contributed by atoms with van der Waals surface area (Å²) in [7, 11) is 3.21. The Morgan fingerprint density at radius 1 is 1.32 bits per heavy atom. The molecule has 1 amide bonds. The Bertz CT molecular complexity index is 877. The Hall–Kier alpha value is -3.56. The molecule has 0 saturated heterocycles. The molecule has 1 aromatic carbocycles. The second-order valence-electron chi connectivity index (χ2n) is 6.86. The van der Waals surface area contributed by atoms with Crippen LogP contribution in [0, 0.1) is 0 Å². The quantitative estimate of drug-likeness (QED) is 0.248. The van der Waals surface area contributed by atoms with Gasteiger partial charge in [0.15, 0.2) is 11.6 Å². The van der Waals surface area contributed by atoms with Gasteiger partial charge in [-0.1, -0.05) is 25.5 Å². The molecule has 0 fully saturated rings. The maximum atomic E-state index is 11.5. The maximum absolute atomic E-state index is 11.5. The molecule has 0 unspecified atom stereocenters. The topological polar surface area (TPSA) is 132 Å². The average molecular weight is 431 g/mol. The van der Waals surface area contributed by atoms with Crippen molar-refractivity contribution in [2.24, 2.45) is 0 Å². The van der Waals surface area contributed by atoms with Gasteiger partial charge < -0.3 is 30.7 Å². The van der Waals surface area contributed by atoms with Crippen LogP contribution in [0.3, 0.4) is 0 Å². The zero-order valence-corrected chi connectivity index (χ0v) is 18.2. The lowest BCUT2D eigenvalue weighted by molar-refractivity contribution is -0.139. The summed E-state index contributed by atoms with van der Waals surface area (Å²) in [5, 5.41) is 5.88. The van der Waals surface area contributed by atoms with Crippen LogP contribution in [0.5, 0.6) is 6.01 Å². The van der Waals surface area contributed by atoms with Crippen LogP contribution in [0.25, 0.3) is 0 Å². The van der Waals surface area contributed by atoms with E-state index in [2.05, 4.69) is 27.5 Å². The van der Waals surface area contributed by atoms with Crippen LogP contribution in [0.1, 0.15) is 25.3 Å².